The maximum atomic E-state index is 12.1. The molecule has 22 heavy (non-hydrogen) atoms. The Hall–Kier alpha value is -2.07. The number of ether oxygens (including phenoxy) is 2. The highest BCUT2D eigenvalue weighted by atomic mass is 79.9. The van der Waals surface area contributed by atoms with Gasteiger partial charge in [-0.25, -0.2) is 0 Å². The topological polar surface area (TPSA) is 35.5 Å². The first-order valence-electron chi connectivity index (χ1n) is 6.93. The predicted molar refractivity (Wildman–Crippen MR) is 91.7 cm³/mol. The summed E-state index contributed by atoms with van der Waals surface area (Å²) in [4.78, 5) is 12.1. The average Bonchev–Trinajstić information content (AvgIpc) is 2.53. The van der Waals surface area contributed by atoms with Crippen LogP contribution in [0.25, 0.3) is 6.08 Å². The Morgan fingerprint density at radius 1 is 1.23 bits per heavy atom. The molecule has 0 bridgehead atoms. The van der Waals surface area contributed by atoms with Gasteiger partial charge in [0.2, 0.25) is 0 Å². The Morgan fingerprint density at radius 2 is 1.95 bits per heavy atom. The van der Waals surface area contributed by atoms with Crippen LogP contribution in [-0.4, -0.2) is 19.5 Å². The zero-order valence-corrected chi connectivity index (χ0v) is 14.1. The standard InChI is InChI=1S/C18H17BrO3/c1-3-22-17-12-13(11-15(19)18(17)21-2)9-10-16(20)14-7-5-4-6-8-14/h4-12H,3H2,1-2H3. The molecule has 2 rings (SSSR count). The molecule has 0 atom stereocenters. The summed E-state index contributed by atoms with van der Waals surface area (Å²) in [7, 11) is 1.59. The third-order valence-corrected chi connectivity index (χ3v) is 3.61. The Bertz CT molecular complexity index is 678. The predicted octanol–water partition coefficient (Wildman–Crippen LogP) is 4.75. The Kier molecular flexibility index (Phi) is 5.78. The number of ketones is 1. The quantitative estimate of drug-likeness (QED) is 0.550. The molecule has 3 nitrogen and oxygen atoms in total. The minimum atomic E-state index is -0.0366. The highest BCUT2D eigenvalue weighted by Gasteiger charge is 2.10. The van der Waals surface area contributed by atoms with Crippen molar-refractivity contribution in [1.29, 1.82) is 0 Å². The van der Waals surface area contributed by atoms with Gasteiger partial charge in [-0.3, -0.25) is 4.79 Å². The van der Waals surface area contributed by atoms with Gasteiger partial charge in [0.05, 0.1) is 18.2 Å². The van der Waals surface area contributed by atoms with Crippen molar-refractivity contribution < 1.29 is 14.3 Å². The van der Waals surface area contributed by atoms with E-state index in [2.05, 4.69) is 15.9 Å². The summed E-state index contributed by atoms with van der Waals surface area (Å²) in [6, 6.07) is 12.9. The van der Waals surface area contributed by atoms with Crippen molar-refractivity contribution in [3.8, 4) is 11.5 Å². The minimum Gasteiger partial charge on any atom is -0.492 e. The largest absolute Gasteiger partial charge is 0.492 e. The van der Waals surface area contributed by atoms with E-state index in [1.54, 1.807) is 31.4 Å². The van der Waals surface area contributed by atoms with Gasteiger partial charge in [-0.1, -0.05) is 36.4 Å². The van der Waals surface area contributed by atoms with E-state index in [0.29, 0.717) is 23.7 Å². The molecule has 0 fully saturated rings. The summed E-state index contributed by atoms with van der Waals surface area (Å²) in [5, 5.41) is 0. The zero-order valence-electron chi connectivity index (χ0n) is 12.5. The summed E-state index contributed by atoms with van der Waals surface area (Å²) in [5.74, 6) is 1.25. The van der Waals surface area contributed by atoms with E-state index in [9.17, 15) is 4.79 Å². The maximum absolute atomic E-state index is 12.1. The molecule has 0 aliphatic rings. The SMILES string of the molecule is CCOc1cc(C=CC(=O)c2ccccc2)cc(Br)c1OC. The maximum Gasteiger partial charge on any atom is 0.185 e. The van der Waals surface area contributed by atoms with Crippen LogP contribution in [0.15, 0.2) is 53.0 Å². The number of methoxy groups -OCH3 is 1. The first-order valence-corrected chi connectivity index (χ1v) is 7.72. The molecule has 2 aromatic rings. The van der Waals surface area contributed by atoms with Crippen LogP contribution in [0.5, 0.6) is 11.5 Å². The van der Waals surface area contributed by atoms with Gasteiger partial charge in [-0.15, -0.1) is 0 Å². The summed E-state index contributed by atoms with van der Waals surface area (Å²) < 4.78 is 11.7. The highest BCUT2D eigenvalue weighted by Crippen LogP contribution is 2.36. The van der Waals surface area contributed by atoms with Crippen molar-refractivity contribution in [1.82, 2.24) is 0 Å². The van der Waals surface area contributed by atoms with E-state index in [-0.39, 0.29) is 5.78 Å². The fraction of sp³-hybridized carbons (Fsp3) is 0.167. The molecule has 0 saturated carbocycles. The van der Waals surface area contributed by atoms with Crippen LogP contribution in [0.4, 0.5) is 0 Å². The Balaban J connectivity index is 2.26. The Labute approximate surface area is 138 Å². The Morgan fingerprint density at radius 3 is 2.59 bits per heavy atom. The van der Waals surface area contributed by atoms with Crippen LogP contribution in [0.2, 0.25) is 0 Å². The molecule has 0 heterocycles. The lowest BCUT2D eigenvalue weighted by atomic mass is 10.1. The average molecular weight is 361 g/mol. The van der Waals surface area contributed by atoms with Gasteiger partial charge >= 0.3 is 0 Å². The van der Waals surface area contributed by atoms with Crippen LogP contribution in [0.1, 0.15) is 22.8 Å². The lowest BCUT2D eigenvalue weighted by Gasteiger charge is -2.12. The van der Waals surface area contributed by atoms with Crippen LogP contribution >= 0.6 is 15.9 Å². The summed E-state index contributed by atoms with van der Waals surface area (Å²) in [6.07, 6.45) is 3.32. The summed E-state index contributed by atoms with van der Waals surface area (Å²) in [5.41, 5.74) is 1.52. The van der Waals surface area contributed by atoms with E-state index in [1.165, 1.54) is 0 Å². The van der Waals surface area contributed by atoms with Gasteiger partial charge in [-0.05, 0) is 46.6 Å². The number of rotatable bonds is 6. The molecule has 0 aliphatic heterocycles. The van der Waals surface area contributed by atoms with E-state index in [4.69, 9.17) is 9.47 Å². The van der Waals surface area contributed by atoms with Crippen LogP contribution in [0, 0.1) is 0 Å². The first kappa shape index (κ1) is 16.3. The van der Waals surface area contributed by atoms with Crippen molar-refractivity contribution >= 4 is 27.8 Å². The number of benzene rings is 2. The molecular formula is C18H17BrO3. The molecule has 0 radical (unpaired) electrons. The molecule has 0 unspecified atom stereocenters. The van der Waals surface area contributed by atoms with Gasteiger partial charge in [0, 0.05) is 5.56 Å². The van der Waals surface area contributed by atoms with E-state index in [1.807, 2.05) is 37.3 Å². The molecule has 0 aromatic heterocycles. The molecule has 4 heteroatoms. The fourth-order valence-corrected chi connectivity index (χ4v) is 2.64. The first-order chi connectivity index (χ1) is 10.7. The van der Waals surface area contributed by atoms with Crippen molar-refractivity contribution in [3.63, 3.8) is 0 Å². The molecule has 114 valence electrons. The number of allylic oxidation sites excluding steroid dienone is 1. The lowest BCUT2D eigenvalue weighted by molar-refractivity contribution is 0.104. The van der Waals surface area contributed by atoms with Crippen LogP contribution in [0.3, 0.4) is 0 Å². The molecule has 0 N–H and O–H groups in total. The smallest absolute Gasteiger partial charge is 0.185 e. The second-order valence-electron chi connectivity index (χ2n) is 4.53. The highest BCUT2D eigenvalue weighted by molar-refractivity contribution is 9.10. The molecular weight excluding hydrogens is 344 g/mol. The summed E-state index contributed by atoms with van der Waals surface area (Å²) >= 11 is 3.46. The van der Waals surface area contributed by atoms with Gasteiger partial charge in [0.1, 0.15) is 0 Å². The van der Waals surface area contributed by atoms with Crippen molar-refractivity contribution in [2.24, 2.45) is 0 Å². The number of carbonyl (C=O) groups is 1. The zero-order chi connectivity index (χ0) is 15.9. The number of halogens is 1. The molecule has 0 aliphatic carbocycles. The normalized spacial score (nSPS) is 10.7. The van der Waals surface area contributed by atoms with E-state index in [0.717, 1.165) is 10.0 Å². The lowest BCUT2D eigenvalue weighted by Crippen LogP contribution is -1.97. The summed E-state index contributed by atoms with van der Waals surface area (Å²) in [6.45, 7) is 2.45. The second kappa shape index (κ2) is 7.80. The molecule has 0 spiro atoms. The molecule has 2 aromatic carbocycles. The van der Waals surface area contributed by atoms with Crippen LogP contribution < -0.4 is 9.47 Å². The molecule has 0 saturated heterocycles. The van der Waals surface area contributed by atoms with Gasteiger partial charge in [0.25, 0.3) is 0 Å². The number of hydrogen-bond donors (Lipinski definition) is 0. The number of carbonyl (C=O) groups excluding carboxylic acids is 1. The third-order valence-electron chi connectivity index (χ3n) is 3.02. The van der Waals surface area contributed by atoms with E-state index >= 15 is 0 Å². The van der Waals surface area contributed by atoms with Gasteiger partial charge < -0.3 is 9.47 Å². The van der Waals surface area contributed by atoms with Crippen molar-refractivity contribution in [2.75, 3.05) is 13.7 Å². The van der Waals surface area contributed by atoms with Gasteiger partial charge in [0.15, 0.2) is 17.3 Å². The number of hydrogen-bond acceptors (Lipinski definition) is 3. The van der Waals surface area contributed by atoms with Crippen molar-refractivity contribution in [2.45, 2.75) is 6.92 Å². The van der Waals surface area contributed by atoms with E-state index < -0.39 is 0 Å². The van der Waals surface area contributed by atoms with Crippen molar-refractivity contribution in [3.05, 3.63) is 64.1 Å². The fourth-order valence-electron chi connectivity index (χ4n) is 2.02. The monoisotopic (exact) mass is 360 g/mol. The molecule has 0 amide bonds. The second-order valence-corrected chi connectivity index (χ2v) is 5.39. The minimum absolute atomic E-state index is 0.0366. The van der Waals surface area contributed by atoms with Crippen LogP contribution in [-0.2, 0) is 0 Å². The van der Waals surface area contributed by atoms with Gasteiger partial charge in [-0.2, -0.15) is 0 Å². The third kappa shape index (κ3) is 3.98.